The van der Waals surface area contributed by atoms with E-state index in [1.54, 1.807) is 0 Å². The number of imidazole rings is 1. The average Bonchev–Trinajstić information content (AvgIpc) is 3.12. The van der Waals surface area contributed by atoms with Crippen LogP contribution in [0.3, 0.4) is 0 Å². The van der Waals surface area contributed by atoms with Gasteiger partial charge in [0.25, 0.3) is 5.91 Å². The Bertz CT molecular complexity index is 870. The first-order valence-electron chi connectivity index (χ1n) is 8.11. The van der Waals surface area contributed by atoms with Gasteiger partial charge in [-0.2, -0.15) is 0 Å². The molecule has 1 aliphatic heterocycles. The molecular formula is C13H21N4O13P. The maximum atomic E-state index is 12.2. The second-order valence-corrected chi connectivity index (χ2v) is 7.42. The number of aromatic nitrogens is 2. The van der Waals surface area contributed by atoms with Gasteiger partial charge in [-0.25, -0.2) is 14.3 Å². The van der Waals surface area contributed by atoms with Gasteiger partial charge in [-0.3, -0.25) is 18.7 Å². The van der Waals surface area contributed by atoms with Crippen molar-refractivity contribution in [3.05, 3.63) is 12.0 Å². The van der Waals surface area contributed by atoms with Crippen molar-refractivity contribution in [2.75, 3.05) is 12.3 Å². The Labute approximate surface area is 172 Å². The number of aliphatic hydroxyl groups is 2. The normalized spacial score (nSPS) is 24.3. The van der Waals surface area contributed by atoms with Crippen LogP contribution in [0.5, 0.6) is 0 Å². The van der Waals surface area contributed by atoms with Crippen LogP contribution in [-0.4, -0.2) is 94.0 Å². The van der Waals surface area contributed by atoms with Crippen LogP contribution in [0.15, 0.2) is 6.33 Å². The van der Waals surface area contributed by atoms with E-state index in [2.05, 4.69) is 9.51 Å². The summed E-state index contributed by atoms with van der Waals surface area (Å²) in [7, 11) is -4.87. The molecule has 0 spiro atoms. The van der Waals surface area contributed by atoms with Crippen LogP contribution in [0.2, 0.25) is 0 Å². The van der Waals surface area contributed by atoms with Crippen LogP contribution >= 0.6 is 7.82 Å². The Balaban J connectivity index is 0.00000480. The highest BCUT2D eigenvalue weighted by Crippen LogP contribution is 2.38. The number of carbonyl (C=O) groups is 3. The van der Waals surface area contributed by atoms with E-state index in [1.165, 1.54) is 0 Å². The monoisotopic (exact) mass is 472 g/mol. The minimum absolute atomic E-state index is 0. The topological polar surface area (TPSA) is 295 Å². The smallest absolute Gasteiger partial charge is 0.469 e. The predicted octanol–water partition coefficient (Wildman–Crippen LogP) is -3.97. The lowest BCUT2D eigenvalue weighted by atomic mass is 10.1. The molecule has 0 saturated carbocycles. The van der Waals surface area contributed by atoms with Gasteiger partial charge in [-0.05, 0) is 0 Å². The fourth-order valence-corrected chi connectivity index (χ4v) is 2.96. The zero-order chi connectivity index (χ0) is 22.8. The van der Waals surface area contributed by atoms with Crippen molar-refractivity contribution in [1.29, 1.82) is 0 Å². The molecule has 1 amide bonds. The van der Waals surface area contributed by atoms with Crippen LogP contribution < -0.4 is 11.1 Å². The van der Waals surface area contributed by atoms with Gasteiger partial charge in [-0.1, -0.05) is 0 Å². The van der Waals surface area contributed by atoms with E-state index in [4.69, 9.17) is 30.5 Å². The lowest BCUT2D eigenvalue weighted by Crippen LogP contribution is -2.42. The average molecular weight is 472 g/mol. The van der Waals surface area contributed by atoms with Crippen molar-refractivity contribution in [1.82, 2.24) is 14.9 Å². The largest absolute Gasteiger partial charge is 0.481 e. The molecule has 11 N–H and O–H groups in total. The first kappa shape index (κ1) is 26.4. The highest BCUT2D eigenvalue weighted by atomic mass is 31.2. The highest BCUT2D eigenvalue weighted by molar-refractivity contribution is 7.46. The summed E-state index contributed by atoms with van der Waals surface area (Å²) in [4.78, 5) is 55.1. The van der Waals surface area contributed by atoms with Gasteiger partial charge >= 0.3 is 19.8 Å². The number of nitrogens with zero attached hydrogens (tertiary/aromatic N) is 2. The van der Waals surface area contributed by atoms with Gasteiger partial charge in [0.15, 0.2) is 11.9 Å². The Morgan fingerprint density at radius 1 is 1.29 bits per heavy atom. The van der Waals surface area contributed by atoms with Crippen molar-refractivity contribution < 1.29 is 63.9 Å². The number of nitrogens with two attached hydrogens (primary N) is 1. The number of carboxylic acid groups (broad SMARTS) is 2. The van der Waals surface area contributed by atoms with Crippen LogP contribution in [0.1, 0.15) is 23.1 Å². The second-order valence-electron chi connectivity index (χ2n) is 6.18. The molecule has 0 aliphatic carbocycles. The molecule has 5 atom stereocenters. The fraction of sp³-hybridized carbons (Fsp3) is 0.538. The third-order valence-corrected chi connectivity index (χ3v) is 4.53. The van der Waals surface area contributed by atoms with Crippen LogP contribution in [0.25, 0.3) is 0 Å². The Kier molecular flexibility index (Phi) is 8.62. The minimum atomic E-state index is -4.87. The van der Waals surface area contributed by atoms with E-state index < -0.39 is 80.8 Å². The molecule has 1 aliphatic rings. The molecule has 0 aromatic carbocycles. The number of anilines is 1. The quantitative estimate of drug-likeness (QED) is 0.159. The number of ether oxygens (including phenoxy) is 1. The summed E-state index contributed by atoms with van der Waals surface area (Å²) in [5.41, 5.74) is 5.27. The fourth-order valence-electron chi connectivity index (χ4n) is 2.62. The summed E-state index contributed by atoms with van der Waals surface area (Å²) >= 11 is 0. The number of phosphoric acid groups is 1. The number of aliphatic carboxylic acids is 2. The number of aliphatic hydroxyl groups excluding tert-OH is 2. The zero-order valence-electron chi connectivity index (χ0n) is 15.4. The molecule has 2 heterocycles. The third-order valence-electron chi connectivity index (χ3n) is 4.05. The molecule has 176 valence electrons. The number of phosphoric ester groups is 1. The molecule has 1 fully saturated rings. The first-order chi connectivity index (χ1) is 13.8. The summed E-state index contributed by atoms with van der Waals surface area (Å²) in [6, 6.07) is -1.76. The molecule has 2 rings (SSSR count). The predicted molar refractivity (Wildman–Crippen MR) is 95.3 cm³/mol. The summed E-state index contributed by atoms with van der Waals surface area (Å²) in [5, 5.41) is 39.7. The molecule has 0 bridgehead atoms. The standard InChI is InChI=1S/C13H19N4O12P.H2O/c14-10-7(11(22)16-4(13(23)24)1-6(18)19)15-3-17(10)12-9(21)8(20)5(29-12)2-28-30(25,26)27;/h3-5,8-9,12,20-21H,1-2,14H2,(H,16,22)(H,18,19)(H,23,24)(H2,25,26,27);1H2/t4-,5+,8+,9+,12+;/m0./s1. The summed E-state index contributed by atoms with van der Waals surface area (Å²) in [6.45, 7) is -0.767. The van der Waals surface area contributed by atoms with Crippen LogP contribution in [-0.2, 0) is 23.4 Å². The number of carboxylic acids is 2. The van der Waals surface area contributed by atoms with Crippen molar-refractivity contribution in [2.45, 2.75) is 37.0 Å². The molecule has 1 saturated heterocycles. The molecule has 1 aromatic rings. The zero-order valence-corrected chi connectivity index (χ0v) is 16.3. The maximum Gasteiger partial charge on any atom is 0.469 e. The van der Waals surface area contributed by atoms with E-state index in [0.717, 1.165) is 10.9 Å². The molecule has 31 heavy (non-hydrogen) atoms. The van der Waals surface area contributed by atoms with Gasteiger partial charge in [0.05, 0.1) is 19.4 Å². The van der Waals surface area contributed by atoms with E-state index in [0.29, 0.717) is 0 Å². The van der Waals surface area contributed by atoms with Gasteiger partial charge in [-0.15, -0.1) is 0 Å². The van der Waals surface area contributed by atoms with Gasteiger partial charge in [0, 0.05) is 0 Å². The lowest BCUT2D eigenvalue weighted by Gasteiger charge is -2.18. The Morgan fingerprint density at radius 2 is 1.90 bits per heavy atom. The van der Waals surface area contributed by atoms with Crippen LogP contribution in [0.4, 0.5) is 5.82 Å². The van der Waals surface area contributed by atoms with E-state index >= 15 is 0 Å². The van der Waals surface area contributed by atoms with E-state index in [1.807, 2.05) is 5.32 Å². The number of amides is 1. The Hall–Kier alpha value is -2.63. The lowest BCUT2D eigenvalue weighted by molar-refractivity contribution is -0.145. The maximum absolute atomic E-state index is 12.2. The SMILES string of the molecule is Nc1c(C(=O)N[C@@H](CC(=O)O)C(=O)O)ncn1[C@@H]1O[C@H](COP(=O)(O)O)[C@@H](O)[C@H]1O.O. The minimum Gasteiger partial charge on any atom is -0.481 e. The Morgan fingerprint density at radius 3 is 2.42 bits per heavy atom. The number of nitrogen functional groups attached to an aromatic ring is 1. The molecule has 18 heteroatoms. The van der Waals surface area contributed by atoms with Crippen molar-refractivity contribution in [3.63, 3.8) is 0 Å². The van der Waals surface area contributed by atoms with Gasteiger partial charge in [0.2, 0.25) is 0 Å². The first-order valence-corrected chi connectivity index (χ1v) is 9.64. The highest BCUT2D eigenvalue weighted by Gasteiger charge is 2.45. The number of rotatable bonds is 9. The summed E-state index contributed by atoms with van der Waals surface area (Å²) < 4.78 is 21.2. The second kappa shape index (κ2) is 10.1. The summed E-state index contributed by atoms with van der Waals surface area (Å²) in [5.74, 6) is -4.61. The molecule has 1 aromatic heterocycles. The number of hydrogen-bond acceptors (Lipinski definition) is 10. The molecular weight excluding hydrogens is 451 g/mol. The molecule has 0 radical (unpaired) electrons. The van der Waals surface area contributed by atoms with E-state index in [-0.39, 0.29) is 5.48 Å². The van der Waals surface area contributed by atoms with Crippen molar-refractivity contribution >= 4 is 31.5 Å². The van der Waals surface area contributed by atoms with Crippen molar-refractivity contribution in [2.24, 2.45) is 0 Å². The number of nitrogens with one attached hydrogen (secondary N) is 1. The molecule has 0 unspecified atom stereocenters. The van der Waals surface area contributed by atoms with Crippen LogP contribution in [0, 0.1) is 0 Å². The van der Waals surface area contributed by atoms with E-state index in [9.17, 15) is 29.2 Å². The number of hydrogen-bond donors (Lipinski definition) is 8. The number of carbonyl (C=O) groups excluding carboxylic acids is 1. The van der Waals surface area contributed by atoms with Gasteiger partial charge in [0.1, 0.15) is 30.2 Å². The third kappa shape index (κ3) is 6.42. The van der Waals surface area contributed by atoms with Crippen molar-refractivity contribution in [3.8, 4) is 0 Å². The van der Waals surface area contributed by atoms with Gasteiger partial charge < -0.3 is 51.5 Å². The molecule has 17 nitrogen and oxygen atoms in total. The summed E-state index contributed by atoms with van der Waals surface area (Å²) in [6.07, 6.45) is -6.03.